The predicted octanol–water partition coefficient (Wildman–Crippen LogP) is 2.37. The summed E-state index contributed by atoms with van der Waals surface area (Å²) in [6.07, 6.45) is 6.01. The number of carbonyl (C=O) groups excluding carboxylic acids is 1. The average molecular weight is 357 g/mol. The molecule has 0 spiro atoms. The van der Waals surface area contributed by atoms with Crippen molar-refractivity contribution in [3.63, 3.8) is 0 Å². The molecule has 2 aliphatic heterocycles. The van der Waals surface area contributed by atoms with E-state index in [1.807, 2.05) is 17.9 Å². The van der Waals surface area contributed by atoms with E-state index in [1.165, 1.54) is 12.8 Å². The minimum Gasteiger partial charge on any atom is -0.389 e. The third kappa shape index (κ3) is 3.65. The molecule has 3 aliphatic rings. The number of hydrogen-bond donors (Lipinski definition) is 1. The average Bonchev–Trinajstić information content (AvgIpc) is 3.16. The third-order valence-electron chi connectivity index (χ3n) is 6.70. The van der Waals surface area contributed by atoms with Crippen LogP contribution in [-0.4, -0.2) is 57.6 Å². The van der Waals surface area contributed by atoms with Gasteiger partial charge in [-0.3, -0.25) is 14.7 Å². The molecule has 1 saturated carbocycles. The van der Waals surface area contributed by atoms with Gasteiger partial charge in [-0.25, -0.2) is 0 Å². The SMILES string of the molecule is Cc1cccc(CN2CCC3(O)CCN(C(=O)C4CCCC4)CC3C2)n1. The number of fused-ring (bicyclic) bond motifs is 1. The van der Waals surface area contributed by atoms with E-state index < -0.39 is 5.60 Å². The number of amides is 1. The summed E-state index contributed by atoms with van der Waals surface area (Å²) >= 11 is 0. The van der Waals surface area contributed by atoms with E-state index in [0.717, 1.165) is 63.3 Å². The van der Waals surface area contributed by atoms with Gasteiger partial charge in [-0.1, -0.05) is 18.9 Å². The molecule has 1 aliphatic carbocycles. The van der Waals surface area contributed by atoms with Gasteiger partial charge in [-0.15, -0.1) is 0 Å². The summed E-state index contributed by atoms with van der Waals surface area (Å²) < 4.78 is 0. The van der Waals surface area contributed by atoms with Gasteiger partial charge < -0.3 is 10.0 Å². The Morgan fingerprint density at radius 2 is 2.00 bits per heavy atom. The molecule has 1 aromatic rings. The minimum atomic E-state index is -0.594. The molecule has 3 heterocycles. The number of aryl methyl sites for hydroxylation is 1. The zero-order valence-electron chi connectivity index (χ0n) is 15.9. The summed E-state index contributed by atoms with van der Waals surface area (Å²) in [4.78, 5) is 21.9. The lowest BCUT2D eigenvalue weighted by Crippen LogP contribution is -2.61. The van der Waals surface area contributed by atoms with Crippen LogP contribution >= 0.6 is 0 Å². The van der Waals surface area contributed by atoms with Crippen LogP contribution in [0.1, 0.15) is 49.9 Å². The lowest BCUT2D eigenvalue weighted by molar-refractivity contribution is -0.150. The van der Waals surface area contributed by atoms with Crippen molar-refractivity contribution in [3.05, 3.63) is 29.6 Å². The number of likely N-dealkylation sites (tertiary alicyclic amines) is 2. The van der Waals surface area contributed by atoms with Crippen molar-refractivity contribution in [2.75, 3.05) is 26.2 Å². The van der Waals surface area contributed by atoms with E-state index >= 15 is 0 Å². The first-order valence-electron chi connectivity index (χ1n) is 10.2. The molecule has 26 heavy (non-hydrogen) atoms. The summed E-state index contributed by atoms with van der Waals surface area (Å²) in [6.45, 7) is 6.03. The van der Waals surface area contributed by atoms with Crippen molar-refractivity contribution in [3.8, 4) is 0 Å². The fourth-order valence-corrected chi connectivity index (χ4v) is 5.06. The topological polar surface area (TPSA) is 56.7 Å². The molecule has 1 aromatic heterocycles. The zero-order valence-corrected chi connectivity index (χ0v) is 15.9. The lowest BCUT2D eigenvalue weighted by Gasteiger charge is -2.50. The minimum absolute atomic E-state index is 0.153. The van der Waals surface area contributed by atoms with Gasteiger partial charge in [0.05, 0.1) is 11.3 Å². The maximum atomic E-state index is 12.8. The number of pyridine rings is 1. The van der Waals surface area contributed by atoms with E-state index in [9.17, 15) is 9.90 Å². The van der Waals surface area contributed by atoms with Crippen LogP contribution in [-0.2, 0) is 11.3 Å². The van der Waals surface area contributed by atoms with E-state index in [1.54, 1.807) is 0 Å². The second-order valence-corrected chi connectivity index (χ2v) is 8.57. The van der Waals surface area contributed by atoms with Gasteiger partial charge in [0.2, 0.25) is 5.91 Å². The van der Waals surface area contributed by atoms with Crippen molar-refractivity contribution in [1.82, 2.24) is 14.8 Å². The molecule has 142 valence electrons. The standard InChI is InChI=1S/C21H31N3O2/c1-16-5-4-8-19(22-16)15-23-11-9-21(26)10-12-24(14-18(21)13-23)20(25)17-6-2-3-7-17/h4-5,8,17-18,26H,2-3,6-7,9-15H2,1H3. The highest BCUT2D eigenvalue weighted by molar-refractivity contribution is 5.79. The van der Waals surface area contributed by atoms with E-state index in [4.69, 9.17) is 0 Å². The Labute approximate surface area is 156 Å². The molecule has 2 saturated heterocycles. The van der Waals surface area contributed by atoms with Crippen molar-refractivity contribution < 1.29 is 9.90 Å². The summed E-state index contributed by atoms with van der Waals surface area (Å²) in [7, 11) is 0. The van der Waals surface area contributed by atoms with Crippen molar-refractivity contribution in [2.45, 2.75) is 57.6 Å². The summed E-state index contributed by atoms with van der Waals surface area (Å²) in [5.74, 6) is 0.722. The molecule has 5 heteroatoms. The fraction of sp³-hybridized carbons (Fsp3) is 0.714. The monoisotopic (exact) mass is 357 g/mol. The first-order chi connectivity index (χ1) is 12.5. The highest BCUT2D eigenvalue weighted by Crippen LogP contribution is 2.37. The molecular formula is C21H31N3O2. The van der Waals surface area contributed by atoms with Crippen molar-refractivity contribution >= 4 is 5.91 Å². The Hall–Kier alpha value is -1.46. The lowest BCUT2D eigenvalue weighted by atomic mass is 9.75. The van der Waals surface area contributed by atoms with E-state index in [0.29, 0.717) is 12.5 Å². The second-order valence-electron chi connectivity index (χ2n) is 8.57. The first kappa shape index (κ1) is 17.9. The maximum Gasteiger partial charge on any atom is 0.225 e. The van der Waals surface area contributed by atoms with Crippen LogP contribution < -0.4 is 0 Å². The molecular weight excluding hydrogens is 326 g/mol. The van der Waals surface area contributed by atoms with Crippen molar-refractivity contribution in [1.29, 1.82) is 0 Å². The zero-order chi connectivity index (χ0) is 18.1. The number of aliphatic hydroxyl groups is 1. The number of carbonyl (C=O) groups is 1. The Balaban J connectivity index is 1.40. The van der Waals surface area contributed by atoms with E-state index in [-0.39, 0.29) is 11.8 Å². The van der Waals surface area contributed by atoms with Gasteiger partial charge >= 0.3 is 0 Å². The van der Waals surface area contributed by atoms with Crippen molar-refractivity contribution in [2.24, 2.45) is 11.8 Å². The number of hydrogen-bond acceptors (Lipinski definition) is 4. The van der Waals surface area contributed by atoms with Gasteiger partial charge in [-0.05, 0) is 44.7 Å². The Morgan fingerprint density at radius 1 is 1.23 bits per heavy atom. The molecule has 5 nitrogen and oxygen atoms in total. The number of nitrogens with zero attached hydrogens (tertiary/aromatic N) is 3. The van der Waals surface area contributed by atoms with Crippen LogP contribution in [0, 0.1) is 18.8 Å². The van der Waals surface area contributed by atoms with Gasteiger partial charge in [0, 0.05) is 50.3 Å². The van der Waals surface area contributed by atoms with Crippen LogP contribution in [0.2, 0.25) is 0 Å². The molecule has 1 amide bonds. The van der Waals surface area contributed by atoms with E-state index in [2.05, 4.69) is 22.0 Å². The predicted molar refractivity (Wildman–Crippen MR) is 100 cm³/mol. The quantitative estimate of drug-likeness (QED) is 0.902. The van der Waals surface area contributed by atoms with Crippen LogP contribution in [0.3, 0.4) is 0 Å². The largest absolute Gasteiger partial charge is 0.389 e. The Morgan fingerprint density at radius 3 is 2.77 bits per heavy atom. The smallest absolute Gasteiger partial charge is 0.225 e. The molecule has 0 bridgehead atoms. The first-order valence-corrected chi connectivity index (χ1v) is 10.2. The number of rotatable bonds is 3. The highest BCUT2D eigenvalue weighted by atomic mass is 16.3. The van der Waals surface area contributed by atoms with Crippen LogP contribution in [0.4, 0.5) is 0 Å². The van der Waals surface area contributed by atoms with Crippen LogP contribution in [0.25, 0.3) is 0 Å². The normalized spacial score (nSPS) is 30.4. The van der Waals surface area contributed by atoms with Crippen LogP contribution in [0.15, 0.2) is 18.2 Å². The molecule has 0 radical (unpaired) electrons. The molecule has 2 unspecified atom stereocenters. The third-order valence-corrected chi connectivity index (χ3v) is 6.70. The molecule has 4 rings (SSSR count). The summed E-state index contributed by atoms with van der Waals surface area (Å²) in [5, 5.41) is 11.1. The van der Waals surface area contributed by atoms with Gasteiger partial charge in [0.25, 0.3) is 0 Å². The Kier molecular flexibility index (Phi) is 5.02. The molecule has 1 N–H and O–H groups in total. The molecule has 3 fully saturated rings. The Bertz CT molecular complexity index is 658. The van der Waals surface area contributed by atoms with Gasteiger partial charge in [0.15, 0.2) is 0 Å². The highest BCUT2D eigenvalue weighted by Gasteiger charge is 2.46. The second kappa shape index (κ2) is 7.28. The molecule has 2 atom stereocenters. The number of piperidine rings is 2. The van der Waals surface area contributed by atoms with Gasteiger partial charge in [-0.2, -0.15) is 0 Å². The summed E-state index contributed by atoms with van der Waals surface area (Å²) in [6, 6.07) is 6.15. The van der Waals surface area contributed by atoms with Crippen LogP contribution in [0.5, 0.6) is 0 Å². The maximum absolute atomic E-state index is 12.8. The summed E-state index contributed by atoms with van der Waals surface area (Å²) in [5.41, 5.74) is 1.54. The fourth-order valence-electron chi connectivity index (χ4n) is 5.06. The molecule has 0 aromatic carbocycles. The van der Waals surface area contributed by atoms with Gasteiger partial charge in [0.1, 0.15) is 0 Å². The number of aromatic nitrogens is 1.